The van der Waals surface area contributed by atoms with E-state index < -0.39 is 5.97 Å². The van der Waals surface area contributed by atoms with E-state index in [-0.39, 0.29) is 18.0 Å². The van der Waals surface area contributed by atoms with Crippen LogP contribution in [-0.2, 0) is 13.1 Å². The highest BCUT2D eigenvalue weighted by atomic mass is 16.4. The quantitative estimate of drug-likeness (QED) is 0.210. The molecule has 0 aliphatic heterocycles. The highest BCUT2D eigenvalue weighted by Gasteiger charge is 2.18. The van der Waals surface area contributed by atoms with E-state index in [0.717, 1.165) is 38.7 Å². The Balaban J connectivity index is 1.38. The Morgan fingerprint density at radius 1 is 0.634 bits per heavy atom. The van der Waals surface area contributed by atoms with Gasteiger partial charge in [0.1, 0.15) is 0 Å². The minimum atomic E-state index is -1.02. The SMILES string of the molecule is O=C(O)c1ccccc1CNC(=O)c1cc(-c2ccccc2)cc2ccn(Cc3cccc(-c4ccccc4)c3)c12. The molecule has 0 aliphatic rings. The Kier molecular flexibility index (Phi) is 7.16. The molecule has 41 heavy (non-hydrogen) atoms. The molecule has 0 saturated carbocycles. The molecule has 5 heteroatoms. The second-order valence-corrected chi connectivity index (χ2v) is 9.98. The predicted octanol–water partition coefficient (Wildman–Crippen LogP) is 7.65. The van der Waals surface area contributed by atoms with Crippen molar-refractivity contribution in [1.29, 1.82) is 0 Å². The van der Waals surface area contributed by atoms with Gasteiger partial charge in [0.2, 0.25) is 0 Å². The second-order valence-electron chi connectivity index (χ2n) is 9.98. The Morgan fingerprint density at radius 2 is 1.29 bits per heavy atom. The van der Waals surface area contributed by atoms with Crippen LogP contribution in [0.5, 0.6) is 0 Å². The minimum Gasteiger partial charge on any atom is -0.478 e. The zero-order valence-corrected chi connectivity index (χ0v) is 22.3. The normalized spacial score (nSPS) is 10.9. The van der Waals surface area contributed by atoms with Crippen LogP contribution in [0.25, 0.3) is 33.2 Å². The van der Waals surface area contributed by atoms with Crippen molar-refractivity contribution in [2.45, 2.75) is 13.1 Å². The van der Waals surface area contributed by atoms with Crippen LogP contribution in [0.15, 0.2) is 134 Å². The molecule has 200 valence electrons. The number of carbonyl (C=O) groups is 2. The Labute approximate surface area is 238 Å². The fourth-order valence-corrected chi connectivity index (χ4v) is 5.28. The highest BCUT2D eigenvalue weighted by Crippen LogP contribution is 2.30. The third kappa shape index (κ3) is 5.52. The molecule has 0 radical (unpaired) electrons. The first-order valence-electron chi connectivity index (χ1n) is 13.5. The van der Waals surface area contributed by atoms with Crippen molar-refractivity contribution in [3.8, 4) is 22.3 Å². The smallest absolute Gasteiger partial charge is 0.336 e. The number of nitrogens with one attached hydrogen (secondary N) is 1. The first-order valence-corrected chi connectivity index (χ1v) is 13.5. The van der Waals surface area contributed by atoms with Crippen LogP contribution in [0.2, 0.25) is 0 Å². The van der Waals surface area contributed by atoms with Crippen LogP contribution in [0.3, 0.4) is 0 Å². The van der Waals surface area contributed by atoms with Gasteiger partial charge >= 0.3 is 5.97 Å². The van der Waals surface area contributed by atoms with E-state index in [2.05, 4.69) is 52.3 Å². The molecule has 0 spiro atoms. The fraction of sp³-hybridized carbons (Fsp3) is 0.0556. The van der Waals surface area contributed by atoms with Crippen molar-refractivity contribution in [3.05, 3.63) is 156 Å². The third-order valence-corrected chi connectivity index (χ3v) is 7.29. The molecule has 1 heterocycles. The van der Waals surface area contributed by atoms with Gasteiger partial charge in [-0.2, -0.15) is 0 Å². The Morgan fingerprint density at radius 3 is 2.02 bits per heavy atom. The zero-order chi connectivity index (χ0) is 28.2. The van der Waals surface area contributed by atoms with Crippen molar-refractivity contribution < 1.29 is 14.7 Å². The Hall–Kier alpha value is -5.42. The number of amides is 1. The molecule has 0 unspecified atom stereocenters. The first-order chi connectivity index (χ1) is 20.1. The van der Waals surface area contributed by atoms with E-state index in [9.17, 15) is 14.7 Å². The van der Waals surface area contributed by atoms with Gasteiger partial charge in [0, 0.05) is 24.7 Å². The number of carboxylic acids is 1. The van der Waals surface area contributed by atoms with Crippen LogP contribution in [0, 0.1) is 0 Å². The van der Waals surface area contributed by atoms with E-state index >= 15 is 0 Å². The molecule has 0 saturated heterocycles. The lowest BCUT2D eigenvalue weighted by Crippen LogP contribution is -2.24. The van der Waals surface area contributed by atoms with Crippen LogP contribution < -0.4 is 5.32 Å². The van der Waals surface area contributed by atoms with Gasteiger partial charge in [-0.25, -0.2) is 4.79 Å². The topological polar surface area (TPSA) is 71.3 Å². The van der Waals surface area contributed by atoms with E-state index in [0.29, 0.717) is 17.7 Å². The molecule has 6 aromatic rings. The van der Waals surface area contributed by atoms with E-state index in [1.807, 2.05) is 66.9 Å². The molecule has 0 bridgehead atoms. The lowest BCUT2D eigenvalue weighted by Gasteiger charge is -2.14. The van der Waals surface area contributed by atoms with Crippen LogP contribution >= 0.6 is 0 Å². The summed E-state index contributed by atoms with van der Waals surface area (Å²) >= 11 is 0. The van der Waals surface area contributed by atoms with Crippen molar-refractivity contribution in [2.24, 2.45) is 0 Å². The van der Waals surface area contributed by atoms with Gasteiger partial charge in [-0.15, -0.1) is 0 Å². The number of hydrogen-bond donors (Lipinski definition) is 2. The maximum absolute atomic E-state index is 13.8. The summed E-state index contributed by atoms with van der Waals surface area (Å²) in [6, 6.07) is 41.5. The molecular formula is C36H28N2O3. The van der Waals surface area contributed by atoms with Crippen LogP contribution in [-0.4, -0.2) is 21.6 Å². The summed E-state index contributed by atoms with van der Waals surface area (Å²) < 4.78 is 2.11. The lowest BCUT2D eigenvalue weighted by atomic mass is 9.99. The lowest BCUT2D eigenvalue weighted by molar-refractivity contribution is 0.0694. The number of nitrogens with zero attached hydrogens (tertiary/aromatic N) is 1. The zero-order valence-electron chi connectivity index (χ0n) is 22.3. The summed E-state index contributed by atoms with van der Waals surface area (Å²) in [7, 11) is 0. The van der Waals surface area contributed by atoms with Gasteiger partial charge in [-0.05, 0) is 63.7 Å². The average Bonchev–Trinajstić information content (AvgIpc) is 3.43. The summed E-state index contributed by atoms with van der Waals surface area (Å²) in [5.74, 6) is -1.28. The molecule has 5 nitrogen and oxygen atoms in total. The molecule has 0 fully saturated rings. The van der Waals surface area contributed by atoms with E-state index in [4.69, 9.17) is 0 Å². The van der Waals surface area contributed by atoms with E-state index in [1.165, 1.54) is 0 Å². The molecule has 2 N–H and O–H groups in total. The molecule has 1 amide bonds. The average molecular weight is 537 g/mol. The van der Waals surface area contributed by atoms with Crippen molar-refractivity contribution in [3.63, 3.8) is 0 Å². The van der Waals surface area contributed by atoms with Crippen LogP contribution in [0.4, 0.5) is 0 Å². The number of fused-ring (bicyclic) bond motifs is 1. The van der Waals surface area contributed by atoms with Gasteiger partial charge in [0.15, 0.2) is 0 Å². The number of aromatic nitrogens is 1. The van der Waals surface area contributed by atoms with Crippen LogP contribution in [0.1, 0.15) is 31.8 Å². The molecule has 6 rings (SSSR count). The summed E-state index contributed by atoms with van der Waals surface area (Å²) in [5.41, 5.74) is 7.48. The summed E-state index contributed by atoms with van der Waals surface area (Å²) in [6.07, 6.45) is 2.02. The monoisotopic (exact) mass is 536 g/mol. The van der Waals surface area contributed by atoms with Gasteiger partial charge in [0.25, 0.3) is 5.91 Å². The minimum absolute atomic E-state index is 0.109. The van der Waals surface area contributed by atoms with Gasteiger partial charge in [0.05, 0.1) is 16.6 Å². The van der Waals surface area contributed by atoms with Gasteiger partial charge in [-0.3, -0.25) is 4.79 Å². The number of carbonyl (C=O) groups excluding carboxylic acids is 1. The summed E-state index contributed by atoms with van der Waals surface area (Å²) in [5, 5.41) is 13.5. The number of carboxylic acid groups (broad SMARTS) is 1. The first kappa shape index (κ1) is 25.8. The number of rotatable bonds is 8. The molecule has 0 atom stereocenters. The van der Waals surface area contributed by atoms with Gasteiger partial charge < -0.3 is 15.0 Å². The van der Waals surface area contributed by atoms with Crippen molar-refractivity contribution in [1.82, 2.24) is 9.88 Å². The van der Waals surface area contributed by atoms with Crippen molar-refractivity contribution >= 4 is 22.8 Å². The molecule has 0 aliphatic carbocycles. The Bertz CT molecular complexity index is 1860. The largest absolute Gasteiger partial charge is 0.478 e. The summed E-state index contributed by atoms with van der Waals surface area (Å²) in [4.78, 5) is 25.5. The van der Waals surface area contributed by atoms with Crippen molar-refractivity contribution in [2.75, 3.05) is 0 Å². The summed E-state index contributed by atoms with van der Waals surface area (Å²) in [6.45, 7) is 0.704. The molecular weight excluding hydrogens is 508 g/mol. The van der Waals surface area contributed by atoms with E-state index in [1.54, 1.807) is 24.3 Å². The number of aromatic carboxylic acids is 1. The van der Waals surface area contributed by atoms with Gasteiger partial charge in [-0.1, -0.05) is 97.1 Å². The maximum atomic E-state index is 13.8. The number of hydrogen-bond acceptors (Lipinski definition) is 2. The predicted molar refractivity (Wildman–Crippen MR) is 163 cm³/mol. The highest BCUT2D eigenvalue weighted by molar-refractivity contribution is 6.08. The second kappa shape index (κ2) is 11.4. The molecule has 5 aromatic carbocycles. The number of benzene rings is 5. The maximum Gasteiger partial charge on any atom is 0.336 e. The third-order valence-electron chi connectivity index (χ3n) is 7.29. The fourth-order valence-electron chi connectivity index (χ4n) is 5.28. The molecule has 1 aromatic heterocycles. The standard InChI is InChI=1S/C36H28N2O3/c39-35(37-23-30-15-7-8-17-32(30)36(40)41)33-22-31(27-13-5-2-6-14-27)21-29-18-19-38(34(29)33)24-25-10-9-16-28(20-25)26-11-3-1-4-12-26/h1-22H,23-24H2,(H,37,39)(H,40,41).